The fraction of sp³-hybridized carbons (Fsp3) is 0.500. The Kier molecular flexibility index (Phi) is 6.49. The van der Waals surface area contributed by atoms with E-state index in [-0.39, 0.29) is 5.91 Å². The first-order valence-corrected chi connectivity index (χ1v) is 6.38. The van der Waals surface area contributed by atoms with Gasteiger partial charge in [-0.15, -0.1) is 0 Å². The third kappa shape index (κ3) is 5.38. The van der Waals surface area contributed by atoms with Gasteiger partial charge in [-0.2, -0.15) is 0 Å². The van der Waals surface area contributed by atoms with Crippen molar-refractivity contribution in [3.05, 3.63) is 35.4 Å². The molecule has 0 saturated heterocycles. The lowest BCUT2D eigenvalue weighted by molar-refractivity contribution is -0.119. The predicted octanol–water partition coefficient (Wildman–Crippen LogP) is 0.326. The molecule has 0 heterocycles. The number of aliphatic hydroxyl groups is 2. The number of rotatable bonds is 7. The van der Waals surface area contributed by atoms with Crippen molar-refractivity contribution in [2.45, 2.75) is 32.1 Å². The Balaban J connectivity index is 2.57. The second-order valence-electron chi connectivity index (χ2n) is 4.56. The molecule has 2 atom stereocenters. The Morgan fingerprint density at radius 3 is 2.74 bits per heavy atom. The van der Waals surface area contributed by atoms with Crippen LogP contribution in [-0.2, 0) is 11.3 Å². The molecule has 0 aromatic heterocycles. The molecule has 0 radical (unpaired) electrons. The van der Waals surface area contributed by atoms with E-state index in [1.807, 2.05) is 25.2 Å². The van der Waals surface area contributed by atoms with Crippen LogP contribution in [0.4, 0.5) is 0 Å². The van der Waals surface area contributed by atoms with E-state index in [0.29, 0.717) is 25.1 Å². The highest BCUT2D eigenvalue weighted by Crippen LogP contribution is 2.19. The molecule has 1 aromatic carbocycles. The number of carbonyl (C=O) groups is 1. The first-order chi connectivity index (χ1) is 9.04. The number of aliphatic hydroxyl groups excluding tert-OH is 2. The van der Waals surface area contributed by atoms with Crippen LogP contribution in [0.25, 0.3) is 0 Å². The molecule has 0 aliphatic rings. The zero-order chi connectivity index (χ0) is 14.3. The van der Waals surface area contributed by atoms with E-state index in [9.17, 15) is 15.0 Å². The number of hydrogen-bond acceptors (Lipinski definition) is 4. The van der Waals surface area contributed by atoms with Crippen molar-refractivity contribution < 1.29 is 15.0 Å². The zero-order valence-corrected chi connectivity index (χ0v) is 11.4. The first-order valence-electron chi connectivity index (χ1n) is 6.38. The second-order valence-corrected chi connectivity index (χ2v) is 4.56. The van der Waals surface area contributed by atoms with E-state index in [4.69, 9.17) is 0 Å². The summed E-state index contributed by atoms with van der Waals surface area (Å²) in [4.78, 5) is 10.7. The minimum Gasteiger partial charge on any atom is -0.390 e. The van der Waals surface area contributed by atoms with Crippen molar-refractivity contribution in [1.82, 2.24) is 10.6 Å². The van der Waals surface area contributed by atoms with Crippen molar-refractivity contribution in [3.8, 4) is 0 Å². The molecule has 0 spiro atoms. The average Bonchev–Trinajstić information content (AvgIpc) is 2.38. The molecule has 106 valence electrons. The lowest BCUT2D eigenvalue weighted by Crippen LogP contribution is -2.27. The Bertz CT molecular complexity index is 409. The summed E-state index contributed by atoms with van der Waals surface area (Å²) in [6, 6.07) is 7.45. The van der Waals surface area contributed by atoms with E-state index in [1.54, 1.807) is 6.07 Å². The summed E-state index contributed by atoms with van der Waals surface area (Å²) in [5, 5.41) is 25.6. The van der Waals surface area contributed by atoms with Crippen LogP contribution in [0.15, 0.2) is 24.3 Å². The van der Waals surface area contributed by atoms with Crippen molar-refractivity contribution >= 4 is 5.91 Å². The maximum atomic E-state index is 10.7. The average molecular weight is 266 g/mol. The van der Waals surface area contributed by atoms with Gasteiger partial charge in [0.2, 0.25) is 5.91 Å². The van der Waals surface area contributed by atoms with Crippen LogP contribution in [0.3, 0.4) is 0 Å². The predicted molar refractivity (Wildman–Crippen MR) is 73.5 cm³/mol. The molecule has 1 rings (SSSR count). The van der Waals surface area contributed by atoms with Crippen LogP contribution in [0.5, 0.6) is 0 Å². The minimum atomic E-state index is -0.939. The standard InChI is InChI=1S/C14H22N2O3/c1-10(17)16-7-6-13(18)14(19)12-5-3-4-11(8-12)9-15-2/h3-5,8,13-15,18-19H,6-7,9H2,1-2H3,(H,16,17). The summed E-state index contributed by atoms with van der Waals surface area (Å²) in [6.45, 7) is 2.48. The Hall–Kier alpha value is -1.43. The van der Waals surface area contributed by atoms with Crippen molar-refractivity contribution in [2.75, 3.05) is 13.6 Å². The molecule has 5 heteroatoms. The van der Waals surface area contributed by atoms with E-state index < -0.39 is 12.2 Å². The van der Waals surface area contributed by atoms with Crippen molar-refractivity contribution in [1.29, 1.82) is 0 Å². The maximum Gasteiger partial charge on any atom is 0.216 e. The monoisotopic (exact) mass is 266 g/mol. The smallest absolute Gasteiger partial charge is 0.216 e. The molecular weight excluding hydrogens is 244 g/mol. The lowest BCUT2D eigenvalue weighted by Gasteiger charge is -2.19. The largest absolute Gasteiger partial charge is 0.390 e. The van der Waals surface area contributed by atoms with Crippen LogP contribution in [-0.4, -0.2) is 35.8 Å². The van der Waals surface area contributed by atoms with Gasteiger partial charge >= 0.3 is 0 Å². The normalized spacial score (nSPS) is 13.9. The molecule has 1 amide bonds. The van der Waals surface area contributed by atoms with Gasteiger partial charge in [0.1, 0.15) is 6.10 Å². The number of carbonyl (C=O) groups excluding carboxylic acids is 1. The molecule has 19 heavy (non-hydrogen) atoms. The molecule has 0 aliphatic heterocycles. The molecule has 1 aromatic rings. The third-order valence-electron chi connectivity index (χ3n) is 2.85. The van der Waals surface area contributed by atoms with Crippen molar-refractivity contribution in [2.24, 2.45) is 0 Å². The van der Waals surface area contributed by atoms with E-state index in [2.05, 4.69) is 10.6 Å². The van der Waals surface area contributed by atoms with Gasteiger partial charge in [0.05, 0.1) is 6.10 Å². The number of hydrogen-bond donors (Lipinski definition) is 4. The minimum absolute atomic E-state index is 0.141. The highest BCUT2D eigenvalue weighted by molar-refractivity contribution is 5.72. The van der Waals surface area contributed by atoms with Gasteiger partial charge in [-0.25, -0.2) is 0 Å². The van der Waals surface area contributed by atoms with E-state index >= 15 is 0 Å². The molecule has 4 N–H and O–H groups in total. The fourth-order valence-corrected chi connectivity index (χ4v) is 1.87. The first kappa shape index (κ1) is 15.6. The molecule has 0 saturated carbocycles. The van der Waals surface area contributed by atoms with Gasteiger partial charge in [-0.05, 0) is 24.6 Å². The van der Waals surface area contributed by atoms with Gasteiger partial charge in [0.25, 0.3) is 0 Å². The van der Waals surface area contributed by atoms with Crippen LogP contribution in [0.1, 0.15) is 30.6 Å². The summed E-state index contributed by atoms with van der Waals surface area (Å²) in [5.41, 5.74) is 1.73. The summed E-state index contributed by atoms with van der Waals surface area (Å²) in [5.74, 6) is -0.141. The van der Waals surface area contributed by atoms with Crippen LogP contribution in [0, 0.1) is 0 Å². The van der Waals surface area contributed by atoms with Crippen LogP contribution < -0.4 is 10.6 Å². The summed E-state index contributed by atoms with van der Waals surface area (Å²) < 4.78 is 0. The van der Waals surface area contributed by atoms with E-state index in [1.165, 1.54) is 6.92 Å². The maximum absolute atomic E-state index is 10.7. The molecular formula is C14H22N2O3. The van der Waals surface area contributed by atoms with Crippen LogP contribution >= 0.6 is 0 Å². The quantitative estimate of drug-likeness (QED) is 0.573. The van der Waals surface area contributed by atoms with Gasteiger partial charge < -0.3 is 20.8 Å². The summed E-state index contributed by atoms with van der Waals surface area (Å²) in [7, 11) is 1.85. The molecule has 0 aliphatic carbocycles. The highest BCUT2D eigenvalue weighted by atomic mass is 16.3. The number of benzene rings is 1. The number of amides is 1. The Labute approximate surface area is 113 Å². The zero-order valence-electron chi connectivity index (χ0n) is 11.4. The number of nitrogens with one attached hydrogen (secondary N) is 2. The molecule has 5 nitrogen and oxygen atoms in total. The lowest BCUT2D eigenvalue weighted by atomic mass is 10.00. The molecule has 2 unspecified atom stereocenters. The van der Waals surface area contributed by atoms with Gasteiger partial charge in [-0.3, -0.25) is 4.79 Å². The fourth-order valence-electron chi connectivity index (χ4n) is 1.87. The van der Waals surface area contributed by atoms with E-state index in [0.717, 1.165) is 5.56 Å². The highest BCUT2D eigenvalue weighted by Gasteiger charge is 2.18. The Morgan fingerprint density at radius 2 is 2.11 bits per heavy atom. The summed E-state index contributed by atoms with van der Waals surface area (Å²) in [6.07, 6.45) is -1.51. The van der Waals surface area contributed by atoms with Gasteiger partial charge in [0.15, 0.2) is 0 Å². The molecule has 0 fully saturated rings. The summed E-state index contributed by atoms with van der Waals surface area (Å²) >= 11 is 0. The Morgan fingerprint density at radius 1 is 1.37 bits per heavy atom. The molecule has 0 bridgehead atoms. The second kappa shape index (κ2) is 7.89. The van der Waals surface area contributed by atoms with Crippen molar-refractivity contribution in [3.63, 3.8) is 0 Å². The van der Waals surface area contributed by atoms with Crippen LogP contribution in [0.2, 0.25) is 0 Å². The van der Waals surface area contributed by atoms with Gasteiger partial charge in [-0.1, -0.05) is 24.3 Å². The topological polar surface area (TPSA) is 81.6 Å². The van der Waals surface area contributed by atoms with Gasteiger partial charge in [0, 0.05) is 20.0 Å². The third-order valence-corrected chi connectivity index (χ3v) is 2.85. The SMILES string of the molecule is CNCc1cccc(C(O)C(O)CCNC(C)=O)c1.